The zero-order valence-corrected chi connectivity index (χ0v) is 18.5. The number of benzene rings is 2. The number of methoxy groups -OCH3 is 1. The van der Waals surface area contributed by atoms with E-state index >= 15 is 0 Å². The number of nitrogens with zero attached hydrogens (tertiary/aromatic N) is 6. The summed E-state index contributed by atoms with van der Waals surface area (Å²) in [6.07, 6.45) is 4.63. The molecular weight excluding hydrogens is 420 g/mol. The Hall–Kier alpha value is -4.27. The summed E-state index contributed by atoms with van der Waals surface area (Å²) in [5.74, 6) is 0.200. The van der Waals surface area contributed by atoms with Gasteiger partial charge in [-0.15, -0.1) is 0 Å². The predicted molar refractivity (Wildman–Crippen MR) is 123 cm³/mol. The van der Waals surface area contributed by atoms with Gasteiger partial charge in [0, 0.05) is 6.20 Å². The van der Waals surface area contributed by atoms with E-state index in [1.807, 2.05) is 16.8 Å². The normalized spacial score (nSPS) is 11.2. The smallest absolute Gasteiger partial charge is 0.341 e. The first-order chi connectivity index (χ1) is 16.1. The molecular formula is C24H22N6O3. The van der Waals surface area contributed by atoms with Crippen molar-refractivity contribution in [1.82, 2.24) is 29.5 Å². The van der Waals surface area contributed by atoms with Gasteiger partial charge in [0.05, 0.1) is 38.2 Å². The molecule has 0 spiro atoms. The zero-order chi connectivity index (χ0) is 22.9. The Balaban J connectivity index is 1.53. The molecule has 9 heteroatoms. The van der Waals surface area contributed by atoms with Crippen molar-refractivity contribution < 1.29 is 14.3 Å². The number of carbonyl (C=O) groups excluding carboxylic acids is 1. The van der Waals surface area contributed by atoms with Gasteiger partial charge in [-0.25, -0.2) is 14.5 Å². The lowest BCUT2D eigenvalue weighted by atomic mass is 10.0. The molecule has 0 N–H and O–H groups in total. The van der Waals surface area contributed by atoms with Gasteiger partial charge < -0.3 is 9.47 Å². The Morgan fingerprint density at radius 2 is 1.91 bits per heavy atom. The molecule has 0 fully saturated rings. The maximum Gasteiger partial charge on any atom is 0.341 e. The van der Waals surface area contributed by atoms with Crippen LogP contribution in [0.15, 0.2) is 55.0 Å². The molecule has 0 atom stereocenters. The van der Waals surface area contributed by atoms with Crippen LogP contribution in [0.4, 0.5) is 0 Å². The van der Waals surface area contributed by atoms with Gasteiger partial charge in [-0.2, -0.15) is 15.2 Å². The van der Waals surface area contributed by atoms with Crippen LogP contribution in [0.1, 0.15) is 28.4 Å². The molecule has 3 aromatic heterocycles. The first-order valence-electron chi connectivity index (χ1n) is 10.6. The third-order valence-corrected chi connectivity index (χ3v) is 5.57. The molecule has 166 valence electrons. The van der Waals surface area contributed by atoms with Crippen molar-refractivity contribution in [1.29, 1.82) is 0 Å². The van der Waals surface area contributed by atoms with E-state index in [1.54, 1.807) is 20.2 Å². The first-order valence-corrected chi connectivity index (χ1v) is 10.6. The number of ether oxygens (including phenoxy) is 2. The van der Waals surface area contributed by atoms with Gasteiger partial charge in [0.25, 0.3) is 5.95 Å². The van der Waals surface area contributed by atoms with E-state index in [0.29, 0.717) is 29.0 Å². The SMILES string of the molecule is CCOC(=O)c1cnn(-c2nc(OC)c3c(cnn3Cc3ccc4ccccc4c3C)n2)c1. The number of aryl methyl sites for hydroxylation is 1. The van der Waals surface area contributed by atoms with Crippen molar-refractivity contribution in [2.24, 2.45) is 0 Å². The molecule has 5 rings (SSSR count). The fraction of sp³-hybridized carbons (Fsp3) is 0.208. The quantitative estimate of drug-likeness (QED) is 0.370. The van der Waals surface area contributed by atoms with E-state index < -0.39 is 5.97 Å². The topological polar surface area (TPSA) is 97.0 Å². The van der Waals surface area contributed by atoms with Gasteiger partial charge in [0.1, 0.15) is 11.0 Å². The van der Waals surface area contributed by atoms with Crippen LogP contribution < -0.4 is 4.74 Å². The van der Waals surface area contributed by atoms with Crippen molar-refractivity contribution >= 4 is 27.8 Å². The van der Waals surface area contributed by atoms with Crippen molar-refractivity contribution in [3.05, 3.63) is 71.7 Å². The molecule has 0 bridgehead atoms. The van der Waals surface area contributed by atoms with Gasteiger partial charge in [-0.05, 0) is 35.7 Å². The highest BCUT2D eigenvalue weighted by molar-refractivity contribution is 5.89. The van der Waals surface area contributed by atoms with E-state index in [0.717, 1.165) is 5.56 Å². The molecule has 3 heterocycles. The second kappa shape index (κ2) is 8.34. The molecule has 0 unspecified atom stereocenters. The molecule has 0 amide bonds. The summed E-state index contributed by atoms with van der Waals surface area (Å²) < 4.78 is 13.8. The van der Waals surface area contributed by atoms with E-state index in [1.165, 1.54) is 33.4 Å². The molecule has 33 heavy (non-hydrogen) atoms. The molecule has 0 saturated carbocycles. The molecule has 0 aliphatic heterocycles. The highest BCUT2D eigenvalue weighted by Crippen LogP contribution is 2.27. The van der Waals surface area contributed by atoms with Crippen LogP contribution in [-0.4, -0.2) is 49.2 Å². The van der Waals surface area contributed by atoms with E-state index in [2.05, 4.69) is 51.4 Å². The van der Waals surface area contributed by atoms with Crippen LogP contribution in [0.2, 0.25) is 0 Å². The van der Waals surface area contributed by atoms with E-state index in [-0.39, 0.29) is 12.6 Å². The second-order valence-electron chi connectivity index (χ2n) is 7.53. The molecule has 0 saturated heterocycles. The number of hydrogen-bond donors (Lipinski definition) is 0. The number of esters is 1. The average Bonchev–Trinajstić information content (AvgIpc) is 3.48. The second-order valence-corrected chi connectivity index (χ2v) is 7.53. The van der Waals surface area contributed by atoms with Crippen LogP contribution in [0, 0.1) is 6.92 Å². The summed E-state index contributed by atoms with van der Waals surface area (Å²) in [6, 6.07) is 12.6. The summed E-state index contributed by atoms with van der Waals surface area (Å²) in [4.78, 5) is 21.0. The number of rotatable bonds is 6. The summed E-state index contributed by atoms with van der Waals surface area (Å²) in [6.45, 7) is 4.71. The van der Waals surface area contributed by atoms with Gasteiger partial charge in [0.2, 0.25) is 5.88 Å². The fourth-order valence-electron chi connectivity index (χ4n) is 3.88. The van der Waals surface area contributed by atoms with E-state index in [4.69, 9.17) is 9.47 Å². The molecule has 5 aromatic rings. The van der Waals surface area contributed by atoms with Crippen LogP contribution >= 0.6 is 0 Å². The summed E-state index contributed by atoms with van der Waals surface area (Å²) in [7, 11) is 1.55. The first kappa shape index (κ1) is 20.6. The van der Waals surface area contributed by atoms with Crippen LogP contribution in [0.5, 0.6) is 5.88 Å². The summed E-state index contributed by atoms with van der Waals surface area (Å²) in [5.41, 5.74) is 3.98. The third-order valence-electron chi connectivity index (χ3n) is 5.57. The maximum absolute atomic E-state index is 12.0. The minimum atomic E-state index is -0.449. The standard InChI is InChI=1S/C24H22N6O3/c1-4-33-23(31)18-11-25-30(14-18)24-27-20-12-26-29(21(20)22(28-24)32-3)13-17-10-9-16-7-5-6-8-19(16)15(17)2/h5-12,14H,4,13H2,1-3H3. The van der Waals surface area contributed by atoms with Gasteiger partial charge in [0.15, 0.2) is 0 Å². The number of hydrogen-bond acceptors (Lipinski definition) is 7. The van der Waals surface area contributed by atoms with Crippen LogP contribution in [-0.2, 0) is 11.3 Å². The lowest BCUT2D eigenvalue weighted by Gasteiger charge is -2.12. The maximum atomic E-state index is 12.0. The van der Waals surface area contributed by atoms with Gasteiger partial charge in [-0.3, -0.25) is 4.68 Å². The molecule has 9 nitrogen and oxygen atoms in total. The van der Waals surface area contributed by atoms with Gasteiger partial charge in [-0.1, -0.05) is 36.4 Å². The molecule has 0 aliphatic carbocycles. The largest absolute Gasteiger partial charge is 0.479 e. The third kappa shape index (κ3) is 3.67. The lowest BCUT2D eigenvalue weighted by Crippen LogP contribution is -2.08. The number of carbonyl (C=O) groups is 1. The number of aromatic nitrogens is 6. The Kier molecular flexibility index (Phi) is 5.21. The zero-order valence-electron chi connectivity index (χ0n) is 18.5. The highest BCUT2D eigenvalue weighted by atomic mass is 16.5. The Bertz CT molecular complexity index is 1490. The lowest BCUT2D eigenvalue weighted by molar-refractivity contribution is 0.0526. The summed E-state index contributed by atoms with van der Waals surface area (Å²) in [5, 5.41) is 11.2. The minimum Gasteiger partial charge on any atom is -0.479 e. The molecule has 0 radical (unpaired) electrons. The fourth-order valence-corrected chi connectivity index (χ4v) is 3.88. The monoisotopic (exact) mass is 442 g/mol. The van der Waals surface area contributed by atoms with Crippen molar-refractivity contribution in [2.75, 3.05) is 13.7 Å². The Morgan fingerprint density at radius 1 is 1.06 bits per heavy atom. The predicted octanol–water partition coefficient (Wildman–Crippen LogP) is 3.71. The average molecular weight is 442 g/mol. The molecule has 2 aromatic carbocycles. The Morgan fingerprint density at radius 3 is 2.73 bits per heavy atom. The molecule has 0 aliphatic rings. The van der Waals surface area contributed by atoms with Gasteiger partial charge >= 0.3 is 5.97 Å². The van der Waals surface area contributed by atoms with Crippen molar-refractivity contribution in [3.8, 4) is 11.8 Å². The Labute approximate surface area is 189 Å². The van der Waals surface area contributed by atoms with Crippen LogP contribution in [0.25, 0.3) is 27.8 Å². The number of fused-ring (bicyclic) bond motifs is 2. The van der Waals surface area contributed by atoms with Crippen molar-refractivity contribution in [2.45, 2.75) is 20.4 Å². The minimum absolute atomic E-state index is 0.274. The van der Waals surface area contributed by atoms with E-state index in [9.17, 15) is 4.79 Å². The highest BCUT2D eigenvalue weighted by Gasteiger charge is 2.18. The summed E-state index contributed by atoms with van der Waals surface area (Å²) >= 11 is 0. The van der Waals surface area contributed by atoms with Crippen LogP contribution in [0.3, 0.4) is 0 Å². The van der Waals surface area contributed by atoms with Crippen molar-refractivity contribution in [3.63, 3.8) is 0 Å².